The zero-order chi connectivity index (χ0) is 39.4. The van der Waals surface area contributed by atoms with E-state index in [1.54, 1.807) is 11.8 Å². The Labute approximate surface area is 341 Å². The van der Waals surface area contributed by atoms with Crippen molar-refractivity contribution in [3.63, 3.8) is 0 Å². The number of hydrogen-bond acceptors (Lipinski definition) is 5. The van der Waals surface area contributed by atoms with Gasteiger partial charge in [-0.3, -0.25) is 4.99 Å². The summed E-state index contributed by atoms with van der Waals surface area (Å²) in [5.41, 5.74) is 8.41. The first-order chi connectivity index (χ1) is 25.6. The van der Waals surface area contributed by atoms with E-state index in [-0.39, 0.29) is 26.5 Å². The van der Waals surface area contributed by atoms with E-state index in [4.69, 9.17) is 19.5 Å². The summed E-state index contributed by atoms with van der Waals surface area (Å²) in [6, 6.07) is 24.3. The van der Waals surface area contributed by atoms with Gasteiger partial charge >= 0.3 is 21.1 Å². The Kier molecular flexibility index (Phi) is 7.74. The van der Waals surface area contributed by atoms with E-state index in [2.05, 4.69) is 122 Å². The van der Waals surface area contributed by atoms with Gasteiger partial charge in [-0.1, -0.05) is 83.2 Å². The molecular formula is C47H47N3O2PtS. The van der Waals surface area contributed by atoms with Crippen molar-refractivity contribution in [1.82, 2.24) is 9.55 Å². The molecule has 278 valence electrons. The molecule has 4 aromatic carbocycles. The van der Waals surface area contributed by atoms with Crippen LogP contribution in [0.15, 0.2) is 69.5 Å². The Morgan fingerprint density at radius 1 is 0.852 bits per heavy atom. The largest absolute Gasteiger partial charge is 2.00 e. The first kappa shape index (κ1) is 34.6. The second-order valence-corrected chi connectivity index (χ2v) is 18.7. The Morgan fingerprint density at radius 2 is 1.57 bits per heavy atom. The third-order valence-electron chi connectivity index (χ3n) is 11.5. The molecule has 3 aliphatic rings. The molecule has 0 saturated carbocycles. The van der Waals surface area contributed by atoms with Crippen molar-refractivity contribution in [2.24, 2.45) is 10.4 Å². The van der Waals surface area contributed by atoms with Crippen LogP contribution in [-0.4, -0.2) is 21.0 Å². The molecule has 0 unspecified atom stereocenters. The summed E-state index contributed by atoms with van der Waals surface area (Å²) in [6.45, 7) is 25.1. The molecule has 0 spiro atoms. The fraction of sp³-hybridized carbons (Fsp3) is 0.362. The molecule has 2 atom stereocenters. The summed E-state index contributed by atoms with van der Waals surface area (Å²) in [4.78, 5) is 12.6. The normalized spacial score (nSPS) is 21.4. The molecule has 4 heterocycles. The summed E-state index contributed by atoms with van der Waals surface area (Å²) in [5.74, 6) is 1.49. The van der Waals surface area contributed by atoms with E-state index in [0.717, 1.165) is 60.5 Å². The maximum absolute atomic E-state index is 9.74. The Hall–Kier alpha value is -3.86. The zero-order valence-electron chi connectivity index (χ0n) is 35.1. The van der Waals surface area contributed by atoms with Crippen LogP contribution >= 0.6 is 11.8 Å². The van der Waals surface area contributed by atoms with Gasteiger partial charge in [0.2, 0.25) is 0 Å². The van der Waals surface area contributed by atoms with Crippen molar-refractivity contribution in [2.75, 3.05) is 0 Å². The second kappa shape index (κ2) is 12.1. The van der Waals surface area contributed by atoms with Gasteiger partial charge in [0.05, 0.1) is 5.52 Å². The number of aryl methyl sites for hydroxylation is 5. The fourth-order valence-corrected chi connectivity index (χ4v) is 9.74. The summed E-state index contributed by atoms with van der Waals surface area (Å²) in [5, 5.41) is 2.31. The summed E-state index contributed by atoms with van der Waals surface area (Å²) in [6.07, 6.45) is 0.101. The van der Waals surface area contributed by atoms with Crippen LogP contribution in [0, 0.1) is 52.2 Å². The van der Waals surface area contributed by atoms with E-state index in [9.17, 15) is 2.74 Å². The quantitative estimate of drug-likeness (QED) is 0.166. The number of pyridine rings is 1. The molecule has 5 nitrogen and oxygen atoms in total. The Bertz CT molecular complexity index is 2720. The van der Waals surface area contributed by atoms with E-state index >= 15 is 0 Å². The molecule has 0 N–H and O–H groups in total. The molecule has 0 radical (unpaired) electrons. The summed E-state index contributed by atoms with van der Waals surface area (Å²) < 4.78 is 35.6. The molecule has 0 amide bonds. The molecule has 7 heteroatoms. The van der Waals surface area contributed by atoms with Gasteiger partial charge in [0.15, 0.2) is 0 Å². The minimum Gasteiger partial charge on any atom is -0.510 e. The molecule has 1 aliphatic carbocycles. The molecule has 0 fully saturated rings. The van der Waals surface area contributed by atoms with Gasteiger partial charge in [-0.15, -0.1) is 23.3 Å². The molecule has 0 saturated heterocycles. The number of nitrogens with zero attached hydrogens (tertiary/aromatic N) is 3. The van der Waals surface area contributed by atoms with Crippen LogP contribution in [0.4, 0.5) is 0 Å². The minimum atomic E-state index is -1.83. The molecule has 6 aromatic rings. The number of benzene rings is 4. The molecule has 54 heavy (non-hydrogen) atoms. The maximum Gasteiger partial charge on any atom is 2.00 e. The van der Waals surface area contributed by atoms with Crippen molar-refractivity contribution < 1.29 is 33.3 Å². The number of ether oxygens (including phenoxy) is 2. The van der Waals surface area contributed by atoms with Crippen LogP contribution in [0.5, 0.6) is 11.5 Å². The van der Waals surface area contributed by atoms with Gasteiger partial charge in [0, 0.05) is 47.9 Å². The predicted molar refractivity (Wildman–Crippen MR) is 217 cm³/mol. The van der Waals surface area contributed by atoms with E-state index in [0.29, 0.717) is 28.5 Å². The average Bonchev–Trinajstić information content (AvgIpc) is 3.64. The van der Waals surface area contributed by atoms with Gasteiger partial charge in [0.1, 0.15) is 22.7 Å². The van der Waals surface area contributed by atoms with E-state index < -0.39 is 22.9 Å². The van der Waals surface area contributed by atoms with Gasteiger partial charge in [0.25, 0.3) is 0 Å². The maximum atomic E-state index is 9.74. The van der Waals surface area contributed by atoms with Crippen LogP contribution in [0.2, 0.25) is 0 Å². The van der Waals surface area contributed by atoms with E-state index in [1.165, 1.54) is 15.8 Å². The summed E-state index contributed by atoms with van der Waals surface area (Å²) in [7, 11) is 0. The minimum absolute atomic E-state index is 0. The number of hydrogen-bond donors (Lipinski definition) is 0. The van der Waals surface area contributed by atoms with Crippen molar-refractivity contribution in [3.8, 4) is 17.2 Å². The van der Waals surface area contributed by atoms with Crippen LogP contribution in [0.25, 0.3) is 27.6 Å². The molecule has 9 rings (SSSR count). The predicted octanol–water partition coefficient (Wildman–Crippen LogP) is 11.9. The smallest absolute Gasteiger partial charge is 0.510 e. The van der Waals surface area contributed by atoms with Crippen molar-refractivity contribution in [2.45, 2.75) is 116 Å². The SMILES string of the molecule is [2H]C1([2H])c2cc(C)c(C)cc2[C@@]2(C)N=C(c3[c-]c(Oc4[c-]c5c(cc4C)Sc4cc(C)cc6c7cc(C)cnc7n-5c46)cc(C(C)(C)C)c3)O[C@@]12C(C)(C)C.[Pt+2]. The molecule has 2 aromatic heterocycles. The number of aromatic nitrogens is 2. The number of fused-ring (bicyclic) bond motifs is 8. The van der Waals surface area contributed by atoms with Gasteiger partial charge in [-0.25, -0.2) is 4.98 Å². The van der Waals surface area contributed by atoms with Crippen LogP contribution in [0.1, 0.15) is 101 Å². The Balaban J connectivity index is 0.00000441. The first-order valence-electron chi connectivity index (χ1n) is 19.5. The number of aliphatic imine (C=N–C) groups is 1. The van der Waals surface area contributed by atoms with Crippen LogP contribution in [-0.2, 0) is 43.1 Å². The Morgan fingerprint density at radius 3 is 2.30 bits per heavy atom. The van der Waals surface area contributed by atoms with Gasteiger partial charge in [-0.05, 0) is 97.3 Å². The zero-order valence-corrected chi connectivity index (χ0v) is 36.2. The number of rotatable bonds is 3. The second-order valence-electron chi connectivity index (χ2n) is 17.6. The van der Waals surface area contributed by atoms with E-state index in [1.807, 2.05) is 32.2 Å². The monoisotopic (exact) mass is 914 g/mol. The van der Waals surface area contributed by atoms with Crippen LogP contribution in [0.3, 0.4) is 0 Å². The molecular weight excluding hydrogens is 866 g/mol. The van der Waals surface area contributed by atoms with Crippen molar-refractivity contribution >= 4 is 39.6 Å². The van der Waals surface area contributed by atoms with Crippen molar-refractivity contribution in [3.05, 3.63) is 117 Å². The van der Waals surface area contributed by atoms with Crippen molar-refractivity contribution in [1.29, 1.82) is 0 Å². The topological polar surface area (TPSA) is 48.6 Å². The summed E-state index contributed by atoms with van der Waals surface area (Å²) >= 11 is 1.76. The molecule has 2 aliphatic heterocycles. The average molecular weight is 915 g/mol. The van der Waals surface area contributed by atoms with Gasteiger partial charge in [-0.2, -0.15) is 17.8 Å². The third kappa shape index (κ3) is 5.29. The standard InChI is InChI=1S/C47H47N3O2S.Pt/c1-25-13-34-35-14-26(2)24-48-42(35)50-37-22-38(29(5)18-39(37)53-40(15-25)41(34)50)51-33-20-30(19-32(21-33)44(6,7)8)43-49-46(12)36-17-28(4)27(3)16-31(36)23-47(46,52-43)45(9,10)11;/h13-19,21,24H,23H2,1-12H3;/q-2;+2/t46-,47-;/m1./s1/i23D2;. The first-order valence-corrected chi connectivity index (χ1v) is 19.3. The van der Waals surface area contributed by atoms with Crippen LogP contribution < -0.4 is 4.74 Å². The third-order valence-corrected chi connectivity index (χ3v) is 12.6. The van der Waals surface area contributed by atoms with Gasteiger partial charge < -0.3 is 14.0 Å². The fourth-order valence-electron chi connectivity index (χ4n) is 8.49. The molecule has 0 bridgehead atoms.